The second-order valence-corrected chi connectivity index (χ2v) is 8.02. The number of carbonyl (C=O) groups excluding carboxylic acids is 1. The van der Waals surface area contributed by atoms with Gasteiger partial charge in [0, 0.05) is 17.4 Å². The van der Waals surface area contributed by atoms with Crippen molar-refractivity contribution in [2.75, 3.05) is 17.7 Å². The van der Waals surface area contributed by atoms with E-state index in [1.54, 1.807) is 50.0 Å². The van der Waals surface area contributed by atoms with Crippen LogP contribution in [0.15, 0.2) is 91.4 Å². The smallest absolute Gasteiger partial charge is 0.255 e. The highest BCUT2D eigenvalue weighted by molar-refractivity contribution is 6.04. The molecule has 174 valence electrons. The summed E-state index contributed by atoms with van der Waals surface area (Å²) in [5.74, 6) is 1.75. The highest BCUT2D eigenvalue weighted by atomic mass is 16.5. The molecule has 0 aliphatic heterocycles. The fourth-order valence-electron chi connectivity index (χ4n) is 3.80. The largest absolute Gasteiger partial charge is 0.497 e. The molecule has 1 amide bonds. The van der Waals surface area contributed by atoms with Crippen molar-refractivity contribution in [3.63, 3.8) is 0 Å². The van der Waals surface area contributed by atoms with Crippen molar-refractivity contribution in [2.45, 2.75) is 13.0 Å². The van der Waals surface area contributed by atoms with Gasteiger partial charge in [-0.1, -0.05) is 24.3 Å². The van der Waals surface area contributed by atoms with E-state index in [0.29, 0.717) is 17.2 Å². The summed E-state index contributed by atoms with van der Waals surface area (Å²) in [5, 5.41) is 6.25. The highest BCUT2D eigenvalue weighted by Gasteiger charge is 2.13. The van der Waals surface area contributed by atoms with Crippen molar-refractivity contribution in [2.24, 2.45) is 0 Å². The SMILES string of the molecule is COc1ccc(NC(=O)c2cccc(C(C)Nc3nccc(-n4cnc5ccccc54)n3)c2)cc1. The summed E-state index contributed by atoms with van der Waals surface area (Å²) in [7, 11) is 1.61. The lowest BCUT2D eigenvalue weighted by Crippen LogP contribution is -2.14. The van der Waals surface area contributed by atoms with Gasteiger partial charge in [0.1, 0.15) is 17.9 Å². The van der Waals surface area contributed by atoms with E-state index < -0.39 is 0 Å². The molecule has 8 heteroatoms. The van der Waals surface area contributed by atoms with Gasteiger partial charge in [-0.3, -0.25) is 9.36 Å². The van der Waals surface area contributed by atoms with Gasteiger partial charge in [0.25, 0.3) is 5.91 Å². The van der Waals surface area contributed by atoms with Crippen LogP contribution in [0.4, 0.5) is 11.6 Å². The minimum absolute atomic E-state index is 0.126. The van der Waals surface area contributed by atoms with Crippen LogP contribution in [0.3, 0.4) is 0 Å². The molecule has 0 saturated carbocycles. The summed E-state index contributed by atoms with van der Waals surface area (Å²) in [6.07, 6.45) is 3.47. The van der Waals surface area contributed by atoms with Gasteiger partial charge < -0.3 is 15.4 Å². The number of nitrogens with one attached hydrogen (secondary N) is 2. The van der Waals surface area contributed by atoms with Crippen LogP contribution in [-0.4, -0.2) is 32.5 Å². The first-order valence-electron chi connectivity index (χ1n) is 11.2. The van der Waals surface area contributed by atoms with Crippen LogP contribution in [0.1, 0.15) is 28.9 Å². The molecule has 1 atom stereocenters. The normalized spacial score (nSPS) is 11.7. The molecular weight excluding hydrogens is 440 g/mol. The zero-order chi connectivity index (χ0) is 24.2. The van der Waals surface area contributed by atoms with E-state index >= 15 is 0 Å². The molecule has 0 saturated heterocycles. The second kappa shape index (κ2) is 9.64. The molecule has 5 aromatic rings. The number of aromatic nitrogens is 4. The first-order valence-corrected chi connectivity index (χ1v) is 11.2. The maximum atomic E-state index is 12.8. The van der Waals surface area contributed by atoms with Crippen LogP contribution in [0.5, 0.6) is 5.75 Å². The summed E-state index contributed by atoms with van der Waals surface area (Å²) in [6, 6.07) is 24.3. The molecule has 0 radical (unpaired) electrons. The minimum atomic E-state index is -0.186. The lowest BCUT2D eigenvalue weighted by Gasteiger charge is -2.16. The fourth-order valence-corrected chi connectivity index (χ4v) is 3.80. The third-order valence-electron chi connectivity index (χ3n) is 5.68. The molecule has 3 aromatic carbocycles. The Balaban J connectivity index is 1.31. The average Bonchev–Trinajstić information content (AvgIpc) is 3.34. The predicted octanol–water partition coefficient (Wildman–Crippen LogP) is 5.25. The Hall–Kier alpha value is -4.72. The molecule has 0 fully saturated rings. The number of hydrogen-bond acceptors (Lipinski definition) is 6. The van der Waals surface area contributed by atoms with Gasteiger partial charge in [0.2, 0.25) is 5.95 Å². The Bertz CT molecular complexity index is 1480. The minimum Gasteiger partial charge on any atom is -0.497 e. The maximum absolute atomic E-state index is 12.8. The van der Waals surface area contributed by atoms with Crippen LogP contribution < -0.4 is 15.4 Å². The molecule has 0 aliphatic rings. The molecule has 2 aromatic heterocycles. The number of imidazole rings is 1. The first-order chi connectivity index (χ1) is 17.1. The van der Waals surface area contributed by atoms with Gasteiger partial charge in [-0.05, 0) is 67.1 Å². The van der Waals surface area contributed by atoms with E-state index in [0.717, 1.165) is 28.2 Å². The van der Waals surface area contributed by atoms with Crippen molar-refractivity contribution in [3.05, 3.63) is 103 Å². The zero-order valence-corrected chi connectivity index (χ0v) is 19.3. The van der Waals surface area contributed by atoms with E-state index in [4.69, 9.17) is 4.74 Å². The van der Waals surface area contributed by atoms with Gasteiger partial charge >= 0.3 is 0 Å². The van der Waals surface area contributed by atoms with Crippen molar-refractivity contribution in [1.82, 2.24) is 19.5 Å². The van der Waals surface area contributed by atoms with Gasteiger partial charge in [0.05, 0.1) is 24.2 Å². The number of para-hydroxylation sites is 2. The summed E-state index contributed by atoms with van der Waals surface area (Å²) < 4.78 is 7.09. The molecule has 0 aliphatic carbocycles. The Labute approximate surface area is 202 Å². The lowest BCUT2D eigenvalue weighted by molar-refractivity contribution is 0.102. The van der Waals surface area contributed by atoms with Gasteiger partial charge in [-0.2, -0.15) is 4.98 Å². The summed E-state index contributed by atoms with van der Waals surface area (Å²) in [4.78, 5) is 26.3. The van der Waals surface area contributed by atoms with Crippen LogP contribution in [0.2, 0.25) is 0 Å². The number of methoxy groups -OCH3 is 1. The first kappa shape index (κ1) is 22.1. The summed E-state index contributed by atoms with van der Waals surface area (Å²) in [5.41, 5.74) is 4.07. The lowest BCUT2D eigenvalue weighted by atomic mass is 10.0. The van der Waals surface area contributed by atoms with Crippen molar-refractivity contribution < 1.29 is 9.53 Å². The molecule has 5 rings (SSSR count). The Morgan fingerprint density at radius 2 is 1.80 bits per heavy atom. The van der Waals surface area contributed by atoms with Gasteiger partial charge in [-0.25, -0.2) is 9.97 Å². The van der Waals surface area contributed by atoms with E-state index in [1.165, 1.54) is 0 Å². The number of ether oxygens (including phenoxy) is 1. The molecule has 0 bridgehead atoms. The van der Waals surface area contributed by atoms with Gasteiger partial charge in [-0.15, -0.1) is 0 Å². The predicted molar refractivity (Wildman–Crippen MR) is 136 cm³/mol. The molecule has 2 N–H and O–H groups in total. The third-order valence-corrected chi connectivity index (χ3v) is 5.68. The van der Waals surface area contributed by atoms with Crippen molar-refractivity contribution >= 4 is 28.6 Å². The fraction of sp³-hybridized carbons (Fsp3) is 0.111. The molecular formula is C27H24N6O2. The van der Waals surface area contributed by atoms with Crippen LogP contribution >= 0.6 is 0 Å². The molecule has 0 spiro atoms. The molecule has 35 heavy (non-hydrogen) atoms. The monoisotopic (exact) mass is 464 g/mol. The number of nitrogens with zero attached hydrogens (tertiary/aromatic N) is 4. The number of rotatable bonds is 7. The van der Waals surface area contributed by atoms with Crippen molar-refractivity contribution in [3.8, 4) is 11.6 Å². The zero-order valence-electron chi connectivity index (χ0n) is 19.3. The van der Waals surface area contributed by atoms with Crippen LogP contribution in [0.25, 0.3) is 16.9 Å². The molecule has 8 nitrogen and oxygen atoms in total. The number of carbonyl (C=O) groups is 1. The van der Waals surface area contributed by atoms with E-state index in [2.05, 4.69) is 25.6 Å². The van der Waals surface area contributed by atoms with E-state index in [-0.39, 0.29) is 11.9 Å². The number of hydrogen-bond donors (Lipinski definition) is 2. The maximum Gasteiger partial charge on any atom is 0.255 e. The summed E-state index contributed by atoms with van der Waals surface area (Å²) >= 11 is 0. The number of benzene rings is 3. The average molecular weight is 465 g/mol. The van der Waals surface area contributed by atoms with Crippen molar-refractivity contribution in [1.29, 1.82) is 0 Å². The Morgan fingerprint density at radius 3 is 2.63 bits per heavy atom. The number of amides is 1. The Kier molecular flexibility index (Phi) is 6.09. The topological polar surface area (TPSA) is 94.0 Å². The molecule has 2 heterocycles. The summed E-state index contributed by atoms with van der Waals surface area (Å²) in [6.45, 7) is 2.00. The quantitative estimate of drug-likeness (QED) is 0.342. The standard InChI is InChI=1S/C27H24N6O2/c1-18(19-6-5-7-20(16-19)26(34)31-21-10-12-22(35-2)13-11-21)30-27-28-15-14-25(32-27)33-17-29-23-8-3-4-9-24(23)33/h3-18H,1-2H3,(H,31,34)(H,28,30,32). The molecule has 1 unspecified atom stereocenters. The third kappa shape index (κ3) is 4.81. The number of fused-ring (bicyclic) bond motifs is 1. The van der Waals surface area contributed by atoms with Crippen LogP contribution in [0, 0.1) is 0 Å². The second-order valence-electron chi connectivity index (χ2n) is 8.02. The van der Waals surface area contributed by atoms with Crippen LogP contribution in [-0.2, 0) is 0 Å². The number of anilines is 2. The Morgan fingerprint density at radius 1 is 0.971 bits per heavy atom. The van der Waals surface area contributed by atoms with E-state index in [1.807, 2.05) is 60.0 Å². The highest BCUT2D eigenvalue weighted by Crippen LogP contribution is 2.22. The van der Waals surface area contributed by atoms with E-state index in [9.17, 15) is 4.79 Å². The van der Waals surface area contributed by atoms with Gasteiger partial charge in [0.15, 0.2) is 0 Å².